The molecule has 1 saturated carbocycles. The molecule has 1 heterocycles. The molecule has 1 radical (unpaired) electrons. The summed E-state index contributed by atoms with van der Waals surface area (Å²) in [5.74, 6) is 0.601. The van der Waals surface area contributed by atoms with E-state index in [-0.39, 0.29) is 0 Å². The molecule has 0 bridgehead atoms. The SMILES string of the molecule is [c]1cncc(OC2CCCC2)n1. The Morgan fingerprint density at radius 2 is 2.25 bits per heavy atom. The van der Waals surface area contributed by atoms with Crippen molar-refractivity contribution in [1.82, 2.24) is 9.97 Å². The van der Waals surface area contributed by atoms with E-state index in [0.717, 1.165) is 12.8 Å². The lowest BCUT2D eigenvalue weighted by Gasteiger charge is -2.10. The van der Waals surface area contributed by atoms with Crippen LogP contribution in [-0.2, 0) is 0 Å². The second-order valence-corrected chi connectivity index (χ2v) is 3.01. The summed E-state index contributed by atoms with van der Waals surface area (Å²) < 4.78 is 5.57. The van der Waals surface area contributed by atoms with E-state index in [1.807, 2.05) is 0 Å². The third-order valence-corrected chi connectivity index (χ3v) is 2.08. The number of aromatic nitrogens is 2. The molecule has 3 heteroatoms. The van der Waals surface area contributed by atoms with Gasteiger partial charge in [0.1, 0.15) is 12.3 Å². The summed E-state index contributed by atoms with van der Waals surface area (Å²) in [4.78, 5) is 7.82. The molecular formula is C9H11N2O. The first-order valence-corrected chi connectivity index (χ1v) is 4.30. The minimum absolute atomic E-state index is 0.357. The van der Waals surface area contributed by atoms with Crippen molar-refractivity contribution < 1.29 is 4.74 Å². The molecule has 1 aliphatic rings. The smallest absolute Gasteiger partial charge is 0.233 e. The highest BCUT2D eigenvalue weighted by Crippen LogP contribution is 2.21. The van der Waals surface area contributed by atoms with Crippen molar-refractivity contribution in [1.29, 1.82) is 0 Å². The van der Waals surface area contributed by atoms with Crippen LogP contribution in [0.4, 0.5) is 0 Å². The van der Waals surface area contributed by atoms with E-state index in [4.69, 9.17) is 4.74 Å². The molecule has 0 amide bonds. The van der Waals surface area contributed by atoms with Crippen molar-refractivity contribution in [2.24, 2.45) is 0 Å². The minimum Gasteiger partial charge on any atom is -0.473 e. The first-order chi connectivity index (χ1) is 5.95. The highest BCUT2D eigenvalue weighted by atomic mass is 16.5. The van der Waals surface area contributed by atoms with Gasteiger partial charge < -0.3 is 4.74 Å². The molecule has 0 N–H and O–H groups in total. The molecule has 2 rings (SSSR count). The zero-order valence-corrected chi connectivity index (χ0v) is 6.86. The largest absolute Gasteiger partial charge is 0.473 e. The third kappa shape index (κ3) is 1.72. The molecule has 0 atom stereocenters. The Labute approximate surface area is 71.8 Å². The van der Waals surface area contributed by atoms with Crippen molar-refractivity contribution in [2.75, 3.05) is 0 Å². The Hall–Kier alpha value is -1.12. The van der Waals surface area contributed by atoms with Crippen LogP contribution in [0.2, 0.25) is 0 Å². The average Bonchev–Trinajstić information content (AvgIpc) is 2.59. The van der Waals surface area contributed by atoms with Crippen LogP contribution >= 0.6 is 0 Å². The van der Waals surface area contributed by atoms with Gasteiger partial charge in [0.25, 0.3) is 0 Å². The van der Waals surface area contributed by atoms with E-state index in [0.29, 0.717) is 12.0 Å². The molecule has 3 nitrogen and oxygen atoms in total. The average molecular weight is 163 g/mol. The van der Waals surface area contributed by atoms with Crippen LogP contribution in [-0.4, -0.2) is 16.1 Å². The Morgan fingerprint density at radius 1 is 1.42 bits per heavy atom. The van der Waals surface area contributed by atoms with E-state index >= 15 is 0 Å². The van der Waals surface area contributed by atoms with Crippen LogP contribution in [0.3, 0.4) is 0 Å². The molecule has 1 aromatic rings. The van der Waals surface area contributed by atoms with Gasteiger partial charge in [0, 0.05) is 0 Å². The Bertz CT molecular complexity index is 232. The summed E-state index contributed by atoms with van der Waals surface area (Å²) in [6.07, 6.45) is 11.0. The Kier molecular flexibility index (Phi) is 2.21. The quantitative estimate of drug-likeness (QED) is 0.664. The van der Waals surface area contributed by atoms with Gasteiger partial charge in [0.05, 0.1) is 12.4 Å². The lowest BCUT2D eigenvalue weighted by molar-refractivity contribution is 0.200. The normalized spacial score (nSPS) is 18.0. The van der Waals surface area contributed by atoms with E-state index in [1.54, 1.807) is 6.20 Å². The summed E-state index contributed by atoms with van der Waals surface area (Å²) in [6.45, 7) is 0. The maximum atomic E-state index is 5.57. The van der Waals surface area contributed by atoms with Crippen LogP contribution in [0.1, 0.15) is 25.7 Å². The lowest BCUT2D eigenvalue weighted by atomic mass is 10.3. The molecule has 0 aromatic carbocycles. The van der Waals surface area contributed by atoms with Crippen LogP contribution < -0.4 is 4.74 Å². The van der Waals surface area contributed by atoms with E-state index in [2.05, 4.69) is 16.2 Å². The summed E-state index contributed by atoms with van der Waals surface area (Å²) in [7, 11) is 0. The molecule has 1 aromatic heterocycles. The topological polar surface area (TPSA) is 35.0 Å². The highest BCUT2D eigenvalue weighted by molar-refractivity contribution is 5.01. The second-order valence-electron chi connectivity index (χ2n) is 3.01. The number of rotatable bonds is 2. The molecule has 63 valence electrons. The van der Waals surface area contributed by atoms with Gasteiger partial charge in [-0.05, 0) is 25.7 Å². The van der Waals surface area contributed by atoms with Crippen molar-refractivity contribution in [2.45, 2.75) is 31.8 Å². The van der Waals surface area contributed by atoms with Crippen LogP contribution in [0.15, 0.2) is 12.4 Å². The predicted molar refractivity (Wildman–Crippen MR) is 43.8 cm³/mol. The van der Waals surface area contributed by atoms with Crippen LogP contribution in [0.5, 0.6) is 5.88 Å². The van der Waals surface area contributed by atoms with Crippen LogP contribution in [0, 0.1) is 6.20 Å². The predicted octanol–water partition coefficient (Wildman–Crippen LogP) is 1.60. The second kappa shape index (κ2) is 3.52. The van der Waals surface area contributed by atoms with Crippen LogP contribution in [0.25, 0.3) is 0 Å². The number of ether oxygens (including phenoxy) is 1. The van der Waals surface area contributed by atoms with Crippen molar-refractivity contribution in [3.05, 3.63) is 18.6 Å². The van der Waals surface area contributed by atoms with E-state index in [1.165, 1.54) is 19.0 Å². The van der Waals surface area contributed by atoms with Gasteiger partial charge >= 0.3 is 0 Å². The molecule has 0 unspecified atom stereocenters. The molecule has 0 aliphatic heterocycles. The standard InChI is InChI=1S/C9H11N2O/c1-2-4-8(3-1)12-9-7-10-5-6-11-9/h5,7-8H,1-4H2. The first kappa shape index (κ1) is 7.53. The fourth-order valence-electron chi connectivity index (χ4n) is 1.49. The summed E-state index contributed by atoms with van der Waals surface area (Å²) >= 11 is 0. The van der Waals surface area contributed by atoms with E-state index < -0.39 is 0 Å². The Balaban J connectivity index is 1.94. The zero-order valence-electron chi connectivity index (χ0n) is 6.86. The van der Waals surface area contributed by atoms with Gasteiger partial charge in [-0.3, -0.25) is 4.98 Å². The molecule has 0 spiro atoms. The summed E-state index contributed by atoms with van der Waals surface area (Å²) in [6, 6.07) is 0. The molecule has 12 heavy (non-hydrogen) atoms. The molecule has 0 saturated heterocycles. The number of nitrogens with zero attached hydrogens (tertiary/aromatic N) is 2. The van der Waals surface area contributed by atoms with Gasteiger partial charge in [0.15, 0.2) is 0 Å². The fourth-order valence-corrected chi connectivity index (χ4v) is 1.49. The minimum atomic E-state index is 0.357. The van der Waals surface area contributed by atoms with Gasteiger partial charge in [-0.25, -0.2) is 4.98 Å². The Morgan fingerprint density at radius 3 is 2.92 bits per heavy atom. The summed E-state index contributed by atoms with van der Waals surface area (Å²) in [5.41, 5.74) is 0. The molecule has 1 fully saturated rings. The van der Waals surface area contributed by atoms with Crippen molar-refractivity contribution in [3.63, 3.8) is 0 Å². The number of hydrogen-bond donors (Lipinski definition) is 0. The molecule has 1 aliphatic carbocycles. The first-order valence-electron chi connectivity index (χ1n) is 4.30. The maximum absolute atomic E-state index is 5.57. The fraction of sp³-hybridized carbons (Fsp3) is 0.556. The van der Waals surface area contributed by atoms with Gasteiger partial charge in [0.2, 0.25) is 5.88 Å². The van der Waals surface area contributed by atoms with Crippen molar-refractivity contribution >= 4 is 0 Å². The van der Waals surface area contributed by atoms with Gasteiger partial charge in [-0.2, -0.15) is 0 Å². The maximum Gasteiger partial charge on any atom is 0.233 e. The molecular weight excluding hydrogens is 152 g/mol. The monoisotopic (exact) mass is 163 g/mol. The zero-order chi connectivity index (χ0) is 8.23. The van der Waals surface area contributed by atoms with Gasteiger partial charge in [-0.15, -0.1) is 0 Å². The third-order valence-electron chi connectivity index (χ3n) is 2.08. The van der Waals surface area contributed by atoms with E-state index in [9.17, 15) is 0 Å². The van der Waals surface area contributed by atoms with Crippen molar-refractivity contribution in [3.8, 4) is 5.88 Å². The highest BCUT2D eigenvalue weighted by Gasteiger charge is 2.16. The van der Waals surface area contributed by atoms with Gasteiger partial charge in [-0.1, -0.05) is 0 Å². The lowest BCUT2D eigenvalue weighted by Crippen LogP contribution is -2.11. The summed E-state index contributed by atoms with van der Waals surface area (Å²) in [5, 5.41) is 0. The number of hydrogen-bond acceptors (Lipinski definition) is 3.